The zero-order valence-electron chi connectivity index (χ0n) is 10.3. The quantitative estimate of drug-likeness (QED) is 0.828. The highest BCUT2D eigenvalue weighted by molar-refractivity contribution is 5.93. The van der Waals surface area contributed by atoms with Crippen LogP contribution in [0.5, 0.6) is 5.75 Å². The largest absolute Gasteiger partial charge is 0.492 e. The molecule has 3 rings (SSSR count). The number of benzene rings is 1. The maximum absolute atomic E-state index is 11.3. The average molecular weight is 247 g/mol. The molecule has 1 unspecified atom stereocenters. The van der Waals surface area contributed by atoms with Crippen molar-refractivity contribution >= 4 is 5.97 Å². The van der Waals surface area contributed by atoms with Crippen LogP contribution in [0.4, 0.5) is 0 Å². The van der Waals surface area contributed by atoms with Crippen LogP contribution < -0.4 is 10.1 Å². The van der Waals surface area contributed by atoms with Crippen LogP contribution in [0.15, 0.2) is 18.2 Å². The summed E-state index contributed by atoms with van der Waals surface area (Å²) in [7, 11) is 0. The molecule has 0 amide bonds. The molecule has 0 saturated carbocycles. The van der Waals surface area contributed by atoms with E-state index in [2.05, 4.69) is 5.32 Å². The van der Waals surface area contributed by atoms with Gasteiger partial charge in [0.15, 0.2) is 0 Å². The first kappa shape index (κ1) is 11.5. The normalized spacial score (nSPS) is 22.4. The number of hydrogen-bond acceptors (Lipinski definition) is 4. The van der Waals surface area contributed by atoms with Gasteiger partial charge in [-0.1, -0.05) is 6.42 Å². The minimum atomic E-state index is -0.231. The standard InChI is InChI=1S/C14H17NO3/c16-14-13-5-4-12(7-10(13)8-18-14)17-9-11-3-1-2-6-15-11/h4-5,7,11,15H,1-3,6,8-9H2. The molecule has 1 atom stereocenters. The number of ether oxygens (including phenoxy) is 2. The smallest absolute Gasteiger partial charge is 0.338 e. The molecule has 18 heavy (non-hydrogen) atoms. The maximum Gasteiger partial charge on any atom is 0.338 e. The fourth-order valence-corrected chi connectivity index (χ4v) is 2.46. The Morgan fingerprint density at radius 1 is 1.39 bits per heavy atom. The van der Waals surface area contributed by atoms with Gasteiger partial charge in [-0.3, -0.25) is 0 Å². The van der Waals surface area contributed by atoms with Crippen LogP contribution in [0.25, 0.3) is 0 Å². The summed E-state index contributed by atoms with van der Waals surface area (Å²) in [5.74, 6) is 0.588. The molecule has 2 heterocycles. The summed E-state index contributed by atoms with van der Waals surface area (Å²) in [6, 6.07) is 5.98. The molecule has 4 nitrogen and oxygen atoms in total. The summed E-state index contributed by atoms with van der Waals surface area (Å²) in [6.45, 7) is 2.14. The number of hydrogen-bond donors (Lipinski definition) is 1. The SMILES string of the molecule is O=C1OCc2cc(OCC3CCCCN3)ccc21. The molecule has 2 aliphatic rings. The third-order valence-corrected chi connectivity index (χ3v) is 3.52. The van der Waals surface area contributed by atoms with E-state index in [1.54, 1.807) is 6.07 Å². The third-order valence-electron chi connectivity index (χ3n) is 3.52. The van der Waals surface area contributed by atoms with E-state index in [0.29, 0.717) is 24.8 Å². The minimum Gasteiger partial charge on any atom is -0.492 e. The van der Waals surface area contributed by atoms with Gasteiger partial charge in [-0.05, 0) is 37.6 Å². The maximum atomic E-state index is 11.3. The van der Waals surface area contributed by atoms with Gasteiger partial charge in [0.25, 0.3) is 0 Å². The van der Waals surface area contributed by atoms with E-state index in [0.717, 1.165) is 17.9 Å². The van der Waals surface area contributed by atoms with Crippen LogP contribution in [0.1, 0.15) is 35.2 Å². The summed E-state index contributed by atoms with van der Waals surface area (Å²) >= 11 is 0. The molecule has 0 aliphatic carbocycles. The predicted molar refractivity (Wildman–Crippen MR) is 66.7 cm³/mol. The van der Waals surface area contributed by atoms with Crippen LogP contribution in [0.2, 0.25) is 0 Å². The van der Waals surface area contributed by atoms with Gasteiger partial charge in [0.05, 0.1) is 5.56 Å². The Bertz CT molecular complexity index is 452. The lowest BCUT2D eigenvalue weighted by molar-refractivity contribution is 0.0535. The van der Waals surface area contributed by atoms with E-state index < -0.39 is 0 Å². The van der Waals surface area contributed by atoms with Crippen LogP contribution >= 0.6 is 0 Å². The number of nitrogens with one attached hydrogen (secondary N) is 1. The first-order chi connectivity index (χ1) is 8.83. The van der Waals surface area contributed by atoms with E-state index in [4.69, 9.17) is 9.47 Å². The lowest BCUT2D eigenvalue weighted by Crippen LogP contribution is -2.38. The van der Waals surface area contributed by atoms with E-state index >= 15 is 0 Å². The van der Waals surface area contributed by atoms with Gasteiger partial charge in [-0.15, -0.1) is 0 Å². The number of carbonyl (C=O) groups excluding carboxylic acids is 1. The van der Waals surface area contributed by atoms with Crippen LogP contribution in [0, 0.1) is 0 Å². The van der Waals surface area contributed by atoms with Crippen molar-refractivity contribution in [3.05, 3.63) is 29.3 Å². The Morgan fingerprint density at radius 2 is 2.33 bits per heavy atom. The number of piperidine rings is 1. The van der Waals surface area contributed by atoms with Gasteiger partial charge in [-0.25, -0.2) is 4.79 Å². The second-order valence-electron chi connectivity index (χ2n) is 4.85. The van der Waals surface area contributed by atoms with Gasteiger partial charge in [0.1, 0.15) is 19.0 Å². The van der Waals surface area contributed by atoms with E-state index in [9.17, 15) is 4.79 Å². The summed E-state index contributed by atoms with van der Waals surface area (Å²) in [5.41, 5.74) is 1.59. The highest BCUT2D eigenvalue weighted by Crippen LogP contribution is 2.24. The summed E-state index contributed by atoms with van der Waals surface area (Å²) < 4.78 is 10.7. The summed E-state index contributed by atoms with van der Waals surface area (Å²) in [5, 5.41) is 3.44. The number of carbonyl (C=O) groups is 1. The van der Waals surface area contributed by atoms with Crippen molar-refractivity contribution in [1.29, 1.82) is 0 Å². The summed E-state index contributed by atoms with van der Waals surface area (Å²) in [4.78, 5) is 11.3. The molecule has 2 aliphatic heterocycles. The fraction of sp³-hybridized carbons (Fsp3) is 0.500. The van der Waals surface area contributed by atoms with Gasteiger partial charge >= 0.3 is 5.97 Å². The molecular weight excluding hydrogens is 230 g/mol. The number of rotatable bonds is 3. The molecule has 0 spiro atoms. The summed E-state index contributed by atoms with van der Waals surface area (Å²) in [6.07, 6.45) is 3.70. The third kappa shape index (κ3) is 2.34. The average Bonchev–Trinajstić information content (AvgIpc) is 2.79. The second kappa shape index (κ2) is 4.98. The lowest BCUT2D eigenvalue weighted by atomic mass is 10.1. The number of fused-ring (bicyclic) bond motifs is 1. The Labute approximate surface area is 106 Å². The molecule has 1 saturated heterocycles. The molecule has 1 aromatic carbocycles. The van der Waals surface area contributed by atoms with Gasteiger partial charge in [0, 0.05) is 11.6 Å². The minimum absolute atomic E-state index is 0.231. The number of esters is 1. The van der Waals surface area contributed by atoms with Gasteiger partial charge in [-0.2, -0.15) is 0 Å². The fourth-order valence-electron chi connectivity index (χ4n) is 2.46. The molecule has 1 fully saturated rings. The molecular formula is C14H17NO3. The van der Waals surface area contributed by atoms with Crippen LogP contribution in [-0.2, 0) is 11.3 Å². The van der Waals surface area contributed by atoms with Gasteiger partial charge < -0.3 is 14.8 Å². The van der Waals surface area contributed by atoms with Crippen molar-refractivity contribution in [1.82, 2.24) is 5.32 Å². The second-order valence-corrected chi connectivity index (χ2v) is 4.85. The molecule has 0 aromatic heterocycles. The van der Waals surface area contributed by atoms with E-state index in [1.165, 1.54) is 19.3 Å². The Morgan fingerprint density at radius 3 is 3.17 bits per heavy atom. The van der Waals surface area contributed by atoms with Gasteiger partial charge in [0.2, 0.25) is 0 Å². The van der Waals surface area contributed by atoms with Crippen molar-refractivity contribution in [3.8, 4) is 5.75 Å². The first-order valence-corrected chi connectivity index (χ1v) is 6.49. The Hall–Kier alpha value is -1.55. The zero-order chi connectivity index (χ0) is 12.4. The Kier molecular flexibility index (Phi) is 3.19. The van der Waals surface area contributed by atoms with Crippen molar-refractivity contribution in [2.45, 2.75) is 31.9 Å². The van der Waals surface area contributed by atoms with Crippen molar-refractivity contribution in [2.24, 2.45) is 0 Å². The van der Waals surface area contributed by atoms with E-state index in [-0.39, 0.29) is 5.97 Å². The lowest BCUT2D eigenvalue weighted by Gasteiger charge is -2.23. The molecule has 0 radical (unpaired) electrons. The van der Waals surface area contributed by atoms with Crippen LogP contribution in [0.3, 0.4) is 0 Å². The number of cyclic esters (lactones) is 1. The monoisotopic (exact) mass is 247 g/mol. The van der Waals surface area contributed by atoms with Crippen molar-refractivity contribution in [3.63, 3.8) is 0 Å². The molecule has 1 aromatic rings. The van der Waals surface area contributed by atoms with Crippen LogP contribution in [-0.4, -0.2) is 25.2 Å². The van der Waals surface area contributed by atoms with Crippen molar-refractivity contribution < 1.29 is 14.3 Å². The highest BCUT2D eigenvalue weighted by Gasteiger charge is 2.21. The first-order valence-electron chi connectivity index (χ1n) is 6.49. The molecule has 1 N–H and O–H groups in total. The van der Waals surface area contributed by atoms with Crippen molar-refractivity contribution in [2.75, 3.05) is 13.2 Å². The molecule has 96 valence electrons. The zero-order valence-corrected chi connectivity index (χ0v) is 10.3. The Balaban J connectivity index is 1.61. The molecule has 0 bridgehead atoms. The highest BCUT2D eigenvalue weighted by atomic mass is 16.5. The van der Waals surface area contributed by atoms with E-state index in [1.807, 2.05) is 12.1 Å². The predicted octanol–water partition coefficient (Wildman–Crippen LogP) is 1.88. The topological polar surface area (TPSA) is 47.6 Å². The molecule has 4 heteroatoms.